The third-order valence-electron chi connectivity index (χ3n) is 4.99. The Morgan fingerprint density at radius 2 is 2.08 bits per heavy atom. The highest BCUT2D eigenvalue weighted by molar-refractivity contribution is 5.72. The van der Waals surface area contributed by atoms with E-state index in [1.165, 1.54) is 5.69 Å². The van der Waals surface area contributed by atoms with Gasteiger partial charge in [-0.2, -0.15) is 0 Å². The quantitative estimate of drug-likeness (QED) is 0.738. The second-order valence-electron chi connectivity index (χ2n) is 6.69. The highest BCUT2D eigenvalue weighted by atomic mass is 16.5. The van der Waals surface area contributed by atoms with E-state index < -0.39 is 5.76 Å². The number of nitrogens with one attached hydrogen (secondary N) is 2. The molecule has 2 aromatic carbocycles. The van der Waals surface area contributed by atoms with Gasteiger partial charge in [-0.3, -0.25) is 4.98 Å². The summed E-state index contributed by atoms with van der Waals surface area (Å²) in [7, 11) is 1.70. The first kappa shape index (κ1) is 16.7. The van der Waals surface area contributed by atoms with Crippen LogP contribution >= 0.6 is 0 Å². The maximum atomic E-state index is 11.2. The van der Waals surface area contributed by atoms with Gasteiger partial charge in [-0.1, -0.05) is 12.1 Å². The minimum atomic E-state index is -0.407. The molecule has 0 spiro atoms. The van der Waals surface area contributed by atoms with Crippen LogP contribution in [0.4, 0.5) is 5.69 Å². The molecule has 136 valence electrons. The Kier molecular flexibility index (Phi) is 4.67. The number of fused-ring (bicyclic) bond motifs is 1. The summed E-state index contributed by atoms with van der Waals surface area (Å²) >= 11 is 0. The molecular weight excluding hydrogens is 330 g/mol. The largest absolute Gasteiger partial charge is 0.497 e. The van der Waals surface area contributed by atoms with E-state index in [1.807, 2.05) is 30.3 Å². The molecule has 3 aromatic rings. The molecule has 0 saturated carbocycles. The van der Waals surface area contributed by atoms with Crippen LogP contribution in [0.3, 0.4) is 0 Å². The summed E-state index contributed by atoms with van der Waals surface area (Å²) < 4.78 is 10.4. The Morgan fingerprint density at radius 3 is 2.88 bits per heavy atom. The lowest BCUT2D eigenvalue weighted by Crippen LogP contribution is -2.42. The molecule has 1 aliphatic rings. The van der Waals surface area contributed by atoms with Crippen molar-refractivity contribution in [1.29, 1.82) is 0 Å². The lowest BCUT2D eigenvalue weighted by molar-refractivity contribution is 0.409. The van der Waals surface area contributed by atoms with Crippen LogP contribution in [0.2, 0.25) is 0 Å². The van der Waals surface area contributed by atoms with Crippen molar-refractivity contribution in [3.05, 3.63) is 58.6 Å². The number of aromatic amines is 1. The zero-order valence-corrected chi connectivity index (χ0v) is 14.8. The molecule has 1 fully saturated rings. The number of benzene rings is 2. The number of rotatable bonds is 5. The molecule has 0 unspecified atom stereocenters. The first-order valence-electron chi connectivity index (χ1n) is 8.95. The number of H-pyrrole nitrogens is 1. The van der Waals surface area contributed by atoms with Crippen LogP contribution in [-0.4, -0.2) is 31.2 Å². The molecule has 0 atom stereocenters. The summed E-state index contributed by atoms with van der Waals surface area (Å²) in [4.78, 5) is 16.4. The molecule has 26 heavy (non-hydrogen) atoms. The van der Waals surface area contributed by atoms with Gasteiger partial charge in [0.1, 0.15) is 5.75 Å². The monoisotopic (exact) mass is 353 g/mol. The molecule has 1 saturated heterocycles. The number of oxazole rings is 1. The van der Waals surface area contributed by atoms with Crippen LogP contribution in [0.5, 0.6) is 5.75 Å². The molecule has 0 amide bonds. The lowest BCUT2D eigenvalue weighted by Gasteiger charge is -2.34. The van der Waals surface area contributed by atoms with E-state index in [0.29, 0.717) is 11.6 Å². The van der Waals surface area contributed by atoms with E-state index in [-0.39, 0.29) is 0 Å². The molecule has 0 radical (unpaired) electrons. The molecule has 0 bridgehead atoms. The maximum absolute atomic E-state index is 11.2. The number of aromatic nitrogens is 1. The Balaban J connectivity index is 1.32. The Bertz CT molecular complexity index is 939. The van der Waals surface area contributed by atoms with Crippen LogP contribution in [0.1, 0.15) is 18.4 Å². The van der Waals surface area contributed by atoms with E-state index in [4.69, 9.17) is 9.15 Å². The van der Waals surface area contributed by atoms with Crippen LogP contribution < -0.4 is 20.7 Å². The molecular formula is C20H23N3O3. The fourth-order valence-electron chi connectivity index (χ4n) is 3.52. The van der Waals surface area contributed by atoms with E-state index in [0.717, 1.165) is 49.3 Å². The Morgan fingerprint density at radius 1 is 1.23 bits per heavy atom. The maximum Gasteiger partial charge on any atom is 0.417 e. The van der Waals surface area contributed by atoms with Gasteiger partial charge >= 0.3 is 5.76 Å². The molecule has 1 aromatic heterocycles. The second kappa shape index (κ2) is 7.25. The van der Waals surface area contributed by atoms with Crippen LogP contribution in [0.15, 0.2) is 51.7 Å². The molecule has 4 rings (SSSR count). The summed E-state index contributed by atoms with van der Waals surface area (Å²) in [5.41, 5.74) is 3.72. The molecule has 0 aliphatic carbocycles. The minimum absolute atomic E-state index is 0.407. The third-order valence-corrected chi connectivity index (χ3v) is 4.99. The standard InChI is InChI=1S/C20H23N3O3/c1-25-17-4-2-3-16(12-17)23-9-7-15(8-10-23)21-13-14-5-6-19-18(11-14)22-20(24)26-19/h2-6,11-12,15,21H,7-10,13H2,1H3,(H,22,24). The summed E-state index contributed by atoms with van der Waals surface area (Å²) in [6, 6.07) is 14.5. The fourth-order valence-corrected chi connectivity index (χ4v) is 3.52. The van der Waals surface area contributed by atoms with E-state index in [1.54, 1.807) is 7.11 Å². The highest BCUT2D eigenvalue weighted by Crippen LogP contribution is 2.24. The molecule has 1 aliphatic heterocycles. The number of anilines is 1. The van der Waals surface area contributed by atoms with Crippen LogP contribution in [0, 0.1) is 0 Å². The van der Waals surface area contributed by atoms with Gasteiger partial charge in [-0.25, -0.2) is 4.79 Å². The number of hydrogen-bond acceptors (Lipinski definition) is 5. The topological polar surface area (TPSA) is 70.5 Å². The van der Waals surface area contributed by atoms with Gasteiger partial charge in [0.15, 0.2) is 5.58 Å². The second-order valence-corrected chi connectivity index (χ2v) is 6.69. The first-order chi connectivity index (χ1) is 12.7. The third kappa shape index (κ3) is 3.60. The van der Waals surface area contributed by atoms with Crippen molar-refractivity contribution in [1.82, 2.24) is 10.3 Å². The minimum Gasteiger partial charge on any atom is -0.497 e. The zero-order chi connectivity index (χ0) is 17.9. The van der Waals surface area contributed by atoms with Gasteiger partial charge in [0.05, 0.1) is 12.6 Å². The van der Waals surface area contributed by atoms with Crippen molar-refractivity contribution in [2.45, 2.75) is 25.4 Å². The average molecular weight is 353 g/mol. The van der Waals surface area contributed by atoms with Crippen molar-refractivity contribution in [3.63, 3.8) is 0 Å². The van der Waals surface area contributed by atoms with Gasteiger partial charge < -0.3 is 19.4 Å². The molecule has 2 N–H and O–H groups in total. The smallest absolute Gasteiger partial charge is 0.417 e. The Hall–Kier alpha value is -2.73. The molecule has 6 heteroatoms. The van der Waals surface area contributed by atoms with Gasteiger partial charge in [-0.05, 0) is 42.7 Å². The number of hydrogen-bond donors (Lipinski definition) is 2. The van der Waals surface area contributed by atoms with Crippen LogP contribution in [-0.2, 0) is 6.54 Å². The number of nitrogens with zero attached hydrogens (tertiary/aromatic N) is 1. The van der Waals surface area contributed by atoms with Crippen LogP contribution in [0.25, 0.3) is 11.1 Å². The van der Waals surface area contributed by atoms with Gasteiger partial charge in [0, 0.05) is 37.4 Å². The van der Waals surface area contributed by atoms with Crippen molar-refractivity contribution in [2.75, 3.05) is 25.1 Å². The predicted octanol–water partition coefficient (Wildman–Crippen LogP) is 2.89. The average Bonchev–Trinajstić information content (AvgIpc) is 3.06. The lowest BCUT2D eigenvalue weighted by atomic mass is 10.0. The molecule has 6 nitrogen and oxygen atoms in total. The first-order valence-corrected chi connectivity index (χ1v) is 8.95. The number of piperidine rings is 1. The van der Waals surface area contributed by atoms with E-state index in [2.05, 4.69) is 27.3 Å². The van der Waals surface area contributed by atoms with E-state index in [9.17, 15) is 4.79 Å². The number of methoxy groups -OCH3 is 1. The summed E-state index contributed by atoms with van der Waals surface area (Å²) in [6.45, 7) is 2.84. The van der Waals surface area contributed by atoms with Crippen molar-refractivity contribution in [3.8, 4) is 5.75 Å². The zero-order valence-electron chi connectivity index (χ0n) is 14.8. The molecule has 2 heterocycles. The van der Waals surface area contributed by atoms with Gasteiger partial charge in [-0.15, -0.1) is 0 Å². The summed E-state index contributed by atoms with van der Waals surface area (Å²) in [5.74, 6) is 0.491. The fraction of sp³-hybridized carbons (Fsp3) is 0.350. The van der Waals surface area contributed by atoms with Crippen molar-refractivity contribution < 1.29 is 9.15 Å². The predicted molar refractivity (Wildman–Crippen MR) is 102 cm³/mol. The van der Waals surface area contributed by atoms with Gasteiger partial charge in [0.25, 0.3) is 0 Å². The highest BCUT2D eigenvalue weighted by Gasteiger charge is 2.19. The van der Waals surface area contributed by atoms with Crippen molar-refractivity contribution in [2.24, 2.45) is 0 Å². The number of ether oxygens (including phenoxy) is 1. The summed E-state index contributed by atoms with van der Waals surface area (Å²) in [6.07, 6.45) is 2.20. The van der Waals surface area contributed by atoms with Crippen molar-refractivity contribution >= 4 is 16.8 Å². The summed E-state index contributed by atoms with van der Waals surface area (Å²) in [5, 5.41) is 3.63. The van der Waals surface area contributed by atoms with E-state index >= 15 is 0 Å². The normalized spacial score (nSPS) is 15.5. The SMILES string of the molecule is COc1cccc(N2CCC(NCc3ccc4oc(=O)[nH]c4c3)CC2)c1. The Labute approximate surface area is 151 Å². The van der Waals surface area contributed by atoms with Gasteiger partial charge in [0.2, 0.25) is 0 Å².